The van der Waals surface area contributed by atoms with E-state index in [0.717, 1.165) is 43.1 Å². The molecule has 10 nitrogen and oxygen atoms in total. The summed E-state index contributed by atoms with van der Waals surface area (Å²) in [5.74, 6) is -0.230. The number of hydrogen-bond acceptors (Lipinski definition) is 8. The minimum absolute atomic E-state index is 0.0758. The van der Waals surface area contributed by atoms with Gasteiger partial charge in [-0.25, -0.2) is 14.8 Å². The van der Waals surface area contributed by atoms with Gasteiger partial charge in [-0.3, -0.25) is 14.5 Å². The monoisotopic (exact) mass is 508 g/mol. The Kier molecular flexibility index (Phi) is 9.18. The molecule has 0 unspecified atom stereocenters. The fraction of sp³-hybridized carbons (Fsp3) is 0.519. The van der Waals surface area contributed by atoms with Crippen LogP contribution in [0.15, 0.2) is 30.6 Å². The number of aromatic nitrogens is 2. The molecule has 0 saturated carbocycles. The van der Waals surface area contributed by atoms with Gasteiger partial charge in [0, 0.05) is 32.7 Å². The lowest BCUT2D eigenvalue weighted by Crippen LogP contribution is -2.47. The highest BCUT2D eigenvalue weighted by molar-refractivity contribution is 5.87. The summed E-state index contributed by atoms with van der Waals surface area (Å²) in [6.07, 6.45) is 2.34. The fourth-order valence-electron chi connectivity index (χ4n) is 4.22. The Hall–Kier alpha value is -3.55. The van der Waals surface area contributed by atoms with Gasteiger partial charge < -0.3 is 9.64 Å². The largest absolute Gasteiger partial charge is 0.442 e. The van der Waals surface area contributed by atoms with Gasteiger partial charge in [0.25, 0.3) is 5.91 Å². The van der Waals surface area contributed by atoms with E-state index in [4.69, 9.17) is 14.8 Å². The normalized spacial score (nSPS) is 14.6. The first-order valence-corrected chi connectivity index (χ1v) is 12.4. The summed E-state index contributed by atoms with van der Waals surface area (Å²) in [6, 6.07) is 9.84. The average molecular weight is 509 g/mol. The molecule has 2 amide bonds. The third-order valence-electron chi connectivity index (χ3n) is 6.26. The molecule has 0 radical (unpaired) electrons. The number of anilines is 1. The van der Waals surface area contributed by atoms with Crippen molar-refractivity contribution < 1.29 is 19.2 Å². The van der Waals surface area contributed by atoms with Crippen molar-refractivity contribution in [1.82, 2.24) is 19.8 Å². The van der Waals surface area contributed by atoms with Gasteiger partial charge in [-0.2, -0.15) is 5.26 Å². The highest BCUT2D eigenvalue weighted by atomic mass is 16.7. The van der Waals surface area contributed by atoms with Crippen molar-refractivity contribution in [3.8, 4) is 6.07 Å². The van der Waals surface area contributed by atoms with Crippen molar-refractivity contribution in [3.63, 3.8) is 0 Å². The second-order valence-corrected chi connectivity index (χ2v) is 10.3. The molecule has 0 bridgehead atoms. The van der Waals surface area contributed by atoms with Gasteiger partial charge in [-0.15, -0.1) is 5.06 Å². The molecule has 1 aliphatic rings. The lowest BCUT2D eigenvalue weighted by atomic mass is 10.0. The Morgan fingerprint density at radius 3 is 2.24 bits per heavy atom. The summed E-state index contributed by atoms with van der Waals surface area (Å²) in [4.78, 5) is 44.1. The van der Waals surface area contributed by atoms with Gasteiger partial charge in [0.2, 0.25) is 0 Å². The van der Waals surface area contributed by atoms with Crippen LogP contribution in [0.1, 0.15) is 56.1 Å². The van der Waals surface area contributed by atoms with Crippen LogP contribution in [0, 0.1) is 25.2 Å². The summed E-state index contributed by atoms with van der Waals surface area (Å²) < 4.78 is 5.51. The maximum Gasteiger partial charge on any atom is 0.439 e. The fourth-order valence-corrected chi connectivity index (χ4v) is 4.22. The Morgan fingerprint density at radius 2 is 1.70 bits per heavy atom. The van der Waals surface area contributed by atoms with Crippen molar-refractivity contribution >= 4 is 17.7 Å². The number of rotatable bonds is 7. The van der Waals surface area contributed by atoms with Crippen LogP contribution in [-0.4, -0.2) is 70.2 Å². The molecule has 0 N–H and O–H groups in total. The number of carbonyl (C=O) groups excluding carboxylic acids is 2. The first-order chi connectivity index (χ1) is 17.5. The van der Waals surface area contributed by atoms with E-state index in [1.165, 1.54) is 6.33 Å². The molecule has 1 saturated heterocycles. The number of likely N-dealkylation sites (N-methyl/N-ethyl adjacent to an activating group) is 1. The van der Waals surface area contributed by atoms with Crippen LogP contribution in [0.4, 0.5) is 10.5 Å². The van der Waals surface area contributed by atoms with Gasteiger partial charge in [-0.05, 0) is 65.2 Å². The molecule has 10 heteroatoms. The molecule has 1 aliphatic heterocycles. The van der Waals surface area contributed by atoms with Crippen LogP contribution in [0.3, 0.4) is 0 Å². The minimum atomic E-state index is -0.747. The van der Waals surface area contributed by atoms with Gasteiger partial charge in [0.05, 0.1) is 23.0 Å². The van der Waals surface area contributed by atoms with E-state index < -0.39 is 11.7 Å². The zero-order valence-corrected chi connectivity index (χ0v) is 22.5. The predicted octanol–water partition coefficient (Wildman–Crippen LogP) is 3.76. The van der Waals surface area contributed by atoms with Crippen LogP contribution < -0.4 is 5.06 Å². The molecule has 1 aromatic heterocycles. The number of hydrogen-bond donors (Lipinski definition) is 0. The number of hydroxylamine groups is 1. The van der Waals surface area contributed by atoms with E-state index in [1.807, 2.05) is 24.3 Å². The zero-order chi connectivity index (χ0) is 27.2. The van der Waals surface area contributed by atoms with Crippen LogP contribution in [0.25, 0.3) is 0 Å². The molecule has 0 aliphatic carbocycles. The molecule has 2 heterocycles. The first-order valence-electron chi connectivity index (χ1n) is 12.4. The highest BCUT2D eigenvalue weighted by Gasteiger charge is 2.30. The van der Waals surface area contributed by atoms with E-state index in [-0.39, 0.29) is 18.6 Å². The number of nitrogens with zero attached hydrogens (tertiary/aromatic N) is 6. The van der Waals surface area contributed by atoms with Gasteiger partial charge in [0.15, 0.2) is 6.61 Å². The van der Waals surface area contributed by atoms with E-state index in [1.54, 1.807) is 46.6 Å². The third kappa shape index (κ3) is 7.71. The lowest BCUT2D eigenvalue weighted by molar-refractivity contribution is -0.138. The number of amides is 2. The number of carbonyl (C=O) groups is 2. The van der Waals surface area contributed by atoms with Crippen LogP contribution in [-0.2, 0) is 20.9 Å². The number of aryl methyl sites for hydroxylation is 2. The standard InChI is InChI=1S/C27H36N6O4/c1-19-25(20(2)30-18-29-19)33(26(35)37-27(3,4)5)36-17-24(34)31(6)23-11-13-32(14-12-23)16-22-9-7-21(15-28)8-10-22/h7-10,18,23H,11-14,16-17H2,1-6H3. The Balaban J connectivity index is 1.58. The predicted molar refractivity (Wildman–Crippen MR) is 138 cm³/mol. The Bertz CT molecular complexity index is 1110. The van der Waals surface area contributed by atoms with E-state index in [9.17, 15) is 9.59 Å². The van der Waals surface area contributed by atoms with Crippen LogP contribution >= 0.6 is 0 Å². The smallest absolute Gasteiger partial charge is 0.439 e. The molecular formula is C27H36N6O4. The average Bonchev–Trinajstić information content (AvgIpc) is 2.85. The van der Waals surface area contributed by atoms with Crippen molar-refractivity contribution in [2.24, 2.45) is 0 Å². The number of ether oxygens (including phenoxy) is 1. The summed E-state index contributed by atoms with van der Waals surface area (Å²) in [6.45, 7) is 11.0. The zero-order valence-electron chi connectivity index (χ0n) is 22.5. The molecule has 198 valence electrons. The van der Waals surface area contributed by atoms with Gasteiger partial charge in [-0.1, -0.05) is 12.1 Å². The third-order valence-corrected chi connectivity index (χ3v) is 6.26. The SMILES string of the molecule is Cc1ncnc(C)c1N(OCC(=O)N(C)C1CCN(Cc2ccc(C#N)cc2)CC1)C(=O)OC(C)(C)C. The molecular weight excluding hydrogens is 472 g/mol. The topological polar surface area (TPSA) is 112 Å². The quantitative estimate of drug-likeness (QED) is 0.520. The Morgan fingerprint density at radius 1 is 1.11 bits per heavy atom. The Labute approximate surface area is 218 Å². The van der Waals surface area contributed by atoms with Gasteiger partial charge >= 0.3 is 6.09 Å². The number of piperidine rings is 1. The molecule has 3 rings (SSSR count). The molecule has 0 atom stereocenters. The summed E-state index contributed by atoms with van der Waals surface area (Å²) in [5.41, 5.74) is 2.50. The highest BCUT2D eigenvalue weighted by Crippen LogP contribution is 2.25. The molecule has 1 aromatic carbocycles. The number of benzene rings is 1. The number of likely N-dealkylation sites (tertiary alicyclic amines) is 1. The lowest BCUT2D eigenvalue weighted by Gasteiger charge is -2.37. The molecule has 0 spiro atoms. The first kappa shape index (κ1) is 28.0. The second-order valence-electron chi connectivity index (χ2n) is 10.3. The maximum atomic E-state index is 13.0. The van der Waals surface area contributed by atoms with Crippen LogP contribution in [0.5, 0.6) is 0 Å². The second kappa shape index (κ2) is 12.1. The number of nitriles is 1. The minimum Gasteiger partial charge on any atom is -0.442 e. The van der Waals surface area contributed by atoms with Crippen LogP contribution in [0.2, 0.25) is 0 Å². The van der Waals surface area contributed by atoms with Crippen molar-refractivity contribution in [1.29, 1.82) is 5.26 Å². The van der Waals surface area contributed by atoms with Crippen molar-refractivity contribution in [3.05, 3.63) is 53.1 Å². The van der Waals surface area contributed by atoms with Crippen molar-refractivity contribution in [2.75, 3.05) is 31.8 Å². The summed E-state index contributed by atoms with van der Waals surface area (Å²) in [5, 5.41) is 9.95. The molecule has 2 aromatic rings. The summed E-state index contributed by atoms with van der Waals surface area (Å²) >= 11 is 0. The van der Waals surface area contributed by atoms with E-state index in [0.29, 0.717) is 22.6 Å². The van der Waals surface area contributed by atoms with E-state index >= 15 is 0 Å². The summed E-state index contributed by atoms with van der Waals surface area (Å²) in [7, 11) is 1.77. The van der Waals surface area contributed by atoms with Crippen molar-refractivity contribution in [2.45, 2.75) is 65.6 Å². The van der Waals surface area contributed by atoms with Gasteiger partial charge in [0.1, 0.15) is 17.6 Å². The molecule has 37 heavy (non-hydrogen) atoms. The molecule has 1 fully saturated rings. The van der Waals surface area contributed by atoms with E-state index in [2.05, 4.69) is 20.9 Å². The maximum absolute atomic E-state index is 13.0.